The molecule has 0 aromatic heterocycles. The molecule has 0 saturated carbocycles. The number of hydrogen-bond acceptors (Lipinski definition) is 4. The highest BCUT2D eigenvalue weighted by Gasteiger charge is 2.30. The van der Waals surface area contributed by atoms with E-state index in [0.29, 0.717) is 6.23 Å². The number of benzene rings is 2. The Balaban J connectivity index is 2.21. The number of methoxy groups -OCH3 is 2. The molecule has 1 N–H and O–H groups in total. The van der Waals surface area contributed by atoms with Crippen molar-refractivity contribution in [2.75, 3.05) is 20.4 Å². The molecule has 0 aliphatic heterocycles. The predicted molar refractivity (Wildman–Crippen MR) is 90.3 cm³/mol. The zero-order chi connectivity index (χ0) is 16.2. The van der Waals surface area contributed by atoms with Crippen molar-refractivity contribution in [3.05, 3.63) is 42.5 Å². The highest BCUT2D eigenvalue weighted by molar-refractivity contribution is 6.90. The molecule has 5 heteroatoms. The van der Waals surface area contributed by atoms with Gasteiger partial charge in [0.05, 0.1) is 20.4 Å². The van der Waals surface area contributed by atoms with E-state index >= 15 is 0 Å². The van der Waals surface area contributed by atoms with Crippen LogP contribution in [0.25, 0.3) is 0 Å². The molecular formula is C17H22O4Si. The molecule has 0 radical (unpaired) electrons. The second-order valence-corrected chi connectivity index (χ2v) is 10.3. The van der Waals surface area contributed by atoms with Crippen LogP contribution in [0.15, 0.2) is 42.5 Å². The zero-order valence-electron chi connectivity index (χ0n) is 13.4. The molecule has 0 unspecified atom stereocenters. The summed E-state index contributed by atoms with van der Waals surface area (Å²) < 4.78 is 16.8. The smallest absolute Gasteiger partial charge is 0.160 e. The maximum Gasteiger partial charge on any atom is 0.160 e. The van der Waals surface area contributed by atoms with E-state index in [1.165, 1.54) is 0 Å². The van der Waals surface area contributed by atoms with Crippen molar-refractivity contribution in [3.63, 3.8) is 0 Å². The quantitative estimate of drug-likeness (QED) is 0.832. The van der Waals surface area contributed by atoms with E-state index in [1.54, 1.807) is 38.5 Å². The Bertz CT molecular complexity index is 623. The van der Waals surface area contributed by atoms with Crippen LogP contribution >= 0.6 is 0 Å². The lowest BCUT2D eigenvalue weighted by Gasteiger charge is -2.26. The lowest BCUT2D eigenvalue weighted by molar-refractivity contribution is 0.356. The second kappa shape index (κ2) is 6.75. The van der Waals surface area contributed by atoms with Crippen LogP contribution in [0.2, 0.25) is 13.1 Å². The van der Waals surface area contributed by atoms with Gasteiger partial charge in [-0.05, 0) is 35.5 Å². The van der Waals surface area contributed by atoms with E-state index in [9.17, 15) is 5.11 Å². The van der Waals surface area contributed by atoms with Gasteiger partial charge < -0.3 is 19.3 Å². The van der Waals surface area contributed by atoms with Crippen molar-refractivity contribution in [2.24, 2.45) is 0 Å². The highest BCUT2D eigenvalue weighted by Crippen LogP contribution is 2.27. The summed E-state index contributed by atoms with van der Waals surface area (Å²) in [6, 6.07) is 12.7. The molecule has 0 aliphatic carbocycles. The van der Waals surface area contributed by atoms with Crippen molar-refractivity contribution in [2.45, 2.75) is 13.1 Å². The Kier molecular flexibility index (Phi) is 4.98. The van der Waals surface area contributed by atoms with Gasteiger partial charge in [-0.25, -0.2) is 0 Å². The maximum absolute atomic E-state index is 9.31. The van der Waals surface area contributed by atoms with E-state index in [0.717, 1.165) is 22.4 Å². The minimum Gasteiger partial charge on any atom is -0.508 e. The zero-order valence-corrected chi connectivity index (χ0v) is 14.4. The first-order chi connectivity index (χ1) is 10.5. The molecule has 0 amide bonds. The molecular weight excluding hydrogens is 296 g/mol. The van der Waals surface area contributed by atoms with Crippen molar-refractivity contribution in [1.29, 1.82) is 0 Å². The van der Waals surface area contributed by atoms with Gasteiger partial charge in [0.1, 0.15) is 19.6 Å². The summed E-state index contributed by atoms with van der Waals surface area (Å²) in [5.41, 5.74) is 0. The molecule has 2 aromatic carbocycles. The van der Waals surface area contributed by atoms with Gasteiger partial charge in [0, 0.05) is 0 Å². The SMILES string of the molecule is COc1cccc([Si](C)(C)COc2ccc(O)cc2)c1OC. The van der Waals surface area contributed by atoms with Crippen LogP contribution in [-0.4, -0.2) is 33.6 Å². The molecule has 2 rings (SSSR count). The van der Waals surface area contributed by atoms with Crippen LogP contribution in [0.4, 0.5) is 0 Å². The third kappa shape index (κ3) is 3.54. The fourth-order valence-electron chi connectivity index (χ4n) is 2.30. The Morgan fingerprint density at radius 2 is 1.64 bits per heavy atom. The number of ether oxygens (including phenoxy) is 3. The molecule has 4 nitrogen and oxygen atoms in total. The molecule has 0 bridgehead atoms. The summed E-state index contributed by atoms with van der Waals surface area (Å²) in [5, 5.41) is 10.5. The second-order valence-electron chi connectivity index (χ2n) is 5.71. The number of aromatic hydroxyl groups is 1. The number of hydrogen-bond donors (Lipinski definition) is 1. The van der Waals surface area contributed by atoms with Gasteiger partial charge in [-0.3, -0.25) is 0 Å². The third-order valence-electron chi connectivity index (χ3n) is 3.57. The molecule has 118 valence electrons. The molecule has 2 aromatic rings. The fourth-order valence-corrected chi connectivity index (χ4v) is 4.37. The van der Waals surface area contributed by atoms with Gasteiger partial charge >= 0.3 is 0 Å². The van der Waals surface area contributed by atoms with E-state index in [1.807, 2.05) is 12.1 Å². The Labute approximate surface area is 132 Å². The van der Waals surface area contributed by atoms with Gasteiger partial charge in [-0.2, -0.15) is 0 Å². The molecule has 0 heterocycles. The Morgan fingerprint density at radius 3 is 2.23 bits per heavy atom. The summed E-state index contributed by atoms with van der Waals surface area (Å²) in [5.74, 6) is 2.51. The van der Waals surface area contributed by atoms with Crippen LogP contribution in [0.5, 0.6) is 23.0 Å². The lowest BCUT2D eigenvalue weighted by atomic mass is 10.3. The third-order valence-corrected chi connectivity index (χ3v) is 6.29. The molecule has 22 heavy (non-hydrogen) atoms. The van der Waals surface area contributed by atoms with Crippen molar-refractivity contribution < 1.29 is 19.3 Å². The maximum atomic E-state index is 9.31. The monoisotopic (exact) mass is 318 g/mol. The minimum absolute atomic E-state index is 0.235. The highest BCUT2D eigenvalue weighted by atomic mass is 28.3. The first kappa shape index (κ1) is 16.2. The van der Waals surface area contributed by atoms with E-state index in [2.05, 4.69) is 19.2 Å². The topological polar surface area (TPSA) is 47.9 Å². The minimum atomic E-state index is -1.88. The molecule has 0 spiro atoms. The summed E-state index contributed by atoms with van der Waals surface area (Å²) in [6.45, 7) is 4.45. The number of phenolic OH excluding ortho intramolecular Hbond substituents is 1. The number of rotatable bonds is 6. The van der Waals surface area contributed by atoms with Crippen molar-refractivity contribution >= 4 is 13.3 Å². The van der Waals surface area contributed by atoms with Crippen LogP contribution < -0.4 is 19.4 Å². The van der Waals surface area contributed by atoms with Crippen molar-refractivity contribution in [1.82, 2.24) is 0 Å². The molecule has 0 fully saturated rings. The van der Waals surface area contributed by atoms with Gasteiger partial charge in [-0.15, -0.1) is 0 Å². The van der Waals surface area contributed by atoms with Crippen molar-refractivity contribution in [3.8, 4) is 23.0 Å². The summed E-state index contributed by atoms with van der Waals surface area (Å²) >= 11 is 0. The Hall–Kier alpha value is -2.14. The van der Waals surface area contributed by atoms with Gasteiger partial charge in [-0.1, -0.05) is 25.2 Å². The predicted octanol–water partition coefficient (Wildman–Crippen LogP) is 2.94. The van der Waals surface area contributed by atoms with E-state index in [-0.39, 0.29) is 5.75 Å². The van der Waals surface area contributed by atoms with E-state index in [4.69, 9.17) is 14.2 Å². The normalized spacial score (nSPS) is 11.1. The number of phenols is 1. The number of para-hydroxylation sites is 1. The molecule has 0 saturated heterocycles. The average molecular weight is 318 g/mol. The van der Waals surface area contributed by atoms with Crippen LogP contribution in [-0.2, 0) is 0 Å². The fraction of sp³-hybridized carbons (Fsp3) is 0.294. The Morgan fingerprint density at radius 1 is 0.955 bits per heavy atom. The lowest BCUT2D eigenvalue weighted by Crippen LogP contribution is -2.48. The first-order valence-electron chi connectivity index (χ1n) is 7.11. The average Bonchev–Trinajstić information content (AvgIpc) is 2.53. The van der Waals surface area contributed by atoms with E-state index < -0.39 is 8.07 Å². The van der Waals surface area contributed by atoms with Crippen LogP contribution in [0, 0.1) is 0 Å². The van der Waals surface area contributed by atoms with Crippen LogP contribution in [0.3, 0.4) is 0 Å². The summed E-state index contributed by atoms with van der Waals surface area (Å²) in [6.07, 6.45) is 0.612. The molecule has 0 atom stereocenters. The van der Waals surface area contributed by atoms with Gasteiger partial charge in [0.15, 0.2) is 11.5 Å². The van der Waals surface area contributed by atoms with Gasteiger partial charge in [0.2, 0.25) is 0 Å². The largest absolute Gasteiger partial charge is 0.508 e. The van der Waals surface area contributed by atoms with Gasteiger partial charge in [0.25, 0.3) is 0 Å². The summed E-state index contributed by atoms with van der Waals surface area (Å²) in [4.78, 5) is 0. The first-order valence-corrected chi connectivity index (χ1v) is 10.3. The van der Waals surface area contributed by atoms with Crippen LogP contribution in [0.1, 0.15) is 0 Å². The standard InChI is InChI=1S/C17H22O4Si/c1-19-15-6-5-7-16(17(15)20-2)22(3,4)12-21-14-10-8-13(18)9-11-14/h5-11,18H,12H2,1-4H3. The summed E-state index contributed by atoms with van der Waals surface area (Å²) in [7, 11) is 1.42. The molecule has 0 aliphatic rings.